The van der Waals surface area contributed by atoms with Gasteiger partial charge in [-0.25, -0.2) is 0 Å². The molecule has 1 amide bonds. The maximum Gasteiger partial charge on any atom is 0.254 e. The smallest absolute Gasteiger partial charge is 0.254 e. The van der Waals surface area contributed by atoms with Gasteiger partial charge in [0.05, 0.1) is 12.3 Å². The van der Waals surface area contributed by atoms with Gasteiger partial charge >= 0.3 is 0 Å². The summed E-state index contributed by atoms with van der Waals surface area (Å²) < 4.78 is 6.33. The van der Waals surface area contributed by atoms with Crippen LogP contribution in [0.3, 0.4) is 0 Å². The third kappa shape index (κ3) is 3.10. The predicted octanol–water partition coefficient (Wildman–Crippen LogP) is 1.99. The number of carbonyl (C=O) groups excluding carboxylic acids is 1. The van der Waals surface area contributed by atoms with E-state index in [-0.39, 0.29) is 5.91 Å². The molecule has 5 heteroatoms. The van der Waals surface area contributed by atoms with Crippen molar-refractivity contribution in [3.8, 4) is 0 Å². The predicted molar refractivity (Wildman–Crippen MR) is 74.9 cm³/mol. The van der Waals surface area contributed by atoms with Crippen LogP contribution in [0, 0.1) is 13.8 Å². The zero-order chi connectivity index (χ0) is 13.1. The van der Waals surface area contributed by atoms with Crippen LogP contribution in [-0.4, -0.2) is 31.7 Å². The van der Waals surface area contributed by atoms with Gasteiger partial charge in [-0.2, -0.15) is 0 Å². The van der Waals surface area contributed by atoms with E-state index in [4.69, 9.17) is 4.74 Å². The maximum absolute atomic E-state index is 12.1. The van der Waals surface area contributed by atoms with E-state index in [1.807, 2.05) is 26.0 Å². The van der Waals surface area contributed by atoms with E-state index in [1.54, 1.807) is 0 Å². The highest BCUT2D eigenvalue weighted by Gasteiger charge is 2.22. The van der Waals surface area contributed by atoms with Gasteiger partial charge in [-0.1, -0.05) is 6.07 Å². The zero-order valence-corrected chi connectivity index (χ0v) is 12.1. The minimum atomic E-state index is -0.411. The summed E-state index contributed by atoms with van der Waals surface area (Å²) in [5, 5.41) is 6.07. The molecule has 1 unspecified atom stereocenters. The summed E-state index contributed by atoms with van der Waals surface area (Å²) in [7, 11) is 0. The largest absolute Gasteiger partial charge is 0.366 e. The van der Waals surface area contributed by atoms with Crippen molar-refractivity contribution in [2.45, 2.75) is 20.0 Å². The fourth-order valence-electron chi connectivity index (χ4n) is 2.01. The van der Waals surface area contributed by atoms with E-state index < -0.39 is 6.10 Å². The second kappa shape index (κ2) is 5.82. The Morgan fingerprint density at radius 1 is 1.50 bits per heavy atom. The van der Waals surface area contributed by atoms with Crippen LogP contribution in [0.2, 0.25) is 0 Å². The number of anilines is 1. The van der Waals surface area contributed by atoms with Crippen LogP contribution < -0.4 is 10.6 Å². The van der Waals surface area contributed by atoms with Crippen LogP contribution in [0.15, 0.2) is 16.6 Å². The number of hydrogen-bond donors (Lipinski definition) is 2. The van der Waals surface area contributed by atoms with Gasteiger partial charge < -0.3 is 15.4 Å². The number of aryl methyl sites for hydroxylation is 2. The lowest BCUT2D eigenvalue weighted by Crippen LogP contribution is -2.45. The van der Waals surface area contributed by atoms with Crippen LogP contribution in [-0.2, 0) is 9.53 Å². The number of benzene rings is 1. The molecule has 1 aromatic carbocycles. The Morgan fingerprint density at radius 3 is 2.89 bits per heavy atom. The molecular weight excluding hydrogens is 296 g/mol. The van der Waals surface area contributed by atoms with Gasteiger partial charge in [0.2, 0.25) is 0 Å². The molecule has 0 radical (unpaired) electrons. The van der Waals surface area contributed by atoms with Crippen LogP contribution in [0.1, 0.15) is 11.1 Å². The summed E-state index contributed by atoms with van der Waals surface area (Å²) in [6.45, 7) is 5.95. The van der Waals surface area contributed by atoms with Crippen molar-refractivity contribution in [1.82, 2.24) is 5.32 Å². The Balaban J connectivity index is 2.11. The number of carbonyl (C=O) groups is 1. The third-order valence-electron chi connectivity index (χ3n) is 2.90. The summed E-state index contributed by atoms with van der Waals surface area (Å²) >= 11 is 3.48. The van der Waals surface area contributed by atoms with E-state index in [2.05, 4.69) is 26.6 Å². The number of morpholine rings is 1. The molecule has 1 heterocycles. The number of rotatable bonds is 2. The normalized spacial score (nSPS) is 19.6. The highest BCUT2D eigenvalue weighted by Crippen LogP contribution is 2.28. The molecule has 4 nitrogen and oxygen atoms in total. The van der Waals surface area contributed by atoms with Crippen LogP contribution in [0.25, 0.3) is 0 Å². The number of ether oxygens (including phenoxy) is 1. The van der Waals surface area contributed by atoms with Gasteiger partial charge in [0, 0.05) is 17.6 Å². The molecule has 1 atom stereocenters. The van der Waals surface area contributed by atoms with E-state index in [9.17, 15) is 4.79 Å². The van der Waals surface area contributed by atoms with E-state index in [0.717, 1.165) is 27.8 Å². The second-order valence-corrected chi connectivity index (χ2v) is 5.35. The lowest BCUT2D eigenvalue weighted by molar-refractivity contribution is -0.128. The van der Waals surface area contributed by atoms with Gasteiger partial charge in [0.15, 0.2) is 0 Å². The highest BCUT2D eigenvalue weighted by atomic mass is 79.9. The summed E-state index contributed by atoms with van der Waals surface area (Å²) in [5.74, 6) is -0.102. The molecule has 0 aromatic heterocycles. The zero-order valence-electron chi connectivity index (χ0n) is 10.5. The molecule has 0 aliphatic carbocycles. The minimum absolute atomic E-state index is 0.102. The van der Waals surface area contributed by atoms with Gasteiger partial charge in [0.25, 0.3) is 5.91 Å². The maximum atomic E-state index is 12.1. The van der Waals surface area contributed by atoms with Gasteiger partial charge in [-0.15, -0.1) is 0 Å². The SMILES string of the molecule is Cc1cc(C)c(NC(=O)C2CNCCO2)c(Br)c1. The number of hydrogen-bond acceptors (Lipinski definition) is 3. The van der Waals surface area contributed by atoms with Gasteiger partial charge in [0.1, 0.15) is 6.10 Å². The number of halogens is 1. The van der Waals surface area contributed by atoms with Crippen LogP contribution >= 0.6 is 15.9 Å². The molecule has 1 aliphatic heterocycles. The lowest BCUT2D eigenvalue weighted by atomic mass is 10.1. The fraction of sp³-hybridized carbons (Fsp3) is 0.462. The molecule has 1 aliphatic rings. The average Bonchev–Trinajstić information content (AvgIpc) is 2.34. The third-order valence-corrected chi connectivity index (χ3v) is 3.53. The molecule has 1 fully saturated rings. The Kier molecular flexibility index (Phi) is 4.37. The van der Waals surface area contributed by atoms with E-state index >= 15 is 0 Å². The van der Waals surface area contributed by atoms with Gasteiger partial charge in [-0.05, 0) is 47.0 Å². The number of nitrogens with one attached hydrogen (secondary N) is 2. The quantitative estimate of drug-likeness (QED) is 0.878. The molecule has 1 saturated heterocycles. The molecule has 98 valence electrons. The molecule has 0 saturated carbocycles. The van der Waals surface area contributed by atoms with E-state index in [0.29, 0.717) is 13.2 Å². The van der Waals surface area contributed by atoms with Crippen molar-refractivity contribution in [1.29, 1.82) is 0 Å². The van der Waals surface area contributed by atoms with Crippen molar-refractivity contribution in [2.75, 3.05) is 25.0 Å². The Labute approximate surface area is 115 Å². The number of amides is 1. The monoisotopic (exact) mass is 312 g/mol. The molecule has 0 bridgehead atoms. The fourth-order valence-corrected chi connectivity index (χ4v) is 2.78. The van der Waals surface area contributed by atoms with Crippen LogP contribution in [0.5, 0.6) is 0 Å². The molecule has 2 N–H and O–H groups in total. The molecule has 2 rings (SSSR count). The van der Waals surface area contributed by atoms with E-state index in [1.165, 1.54) is 0 Å². The standard InChI is InChI=1S/C13H17BrN2O2/c1-8-5-9(2)12(10(14)6-8)16-13(17)11-7-15-3-4-18-11/h5-6,11,15H,3-4,7H2,1-2H3,(H,16,17). The topological polar surface area (TPSA) is 50.4 Å². The molecule has 1 aromatic rings. The van der Waals surface area contributed by atoms with Crippen molar-refractivity contribution >= 4 is 27.5 Å². The minimum Gasteiger partial charge on any atom is -0.366 e. The first-order valence-corrected chi connectivity index (χ1v) is 6.77. The summed E-state index contributed by atoms with van der Waals surface area (Å²) in [4.78, 5) is 12.1. The second-order valence-electron chi connectivity index (χ2n) is 4.49. The Morgan fingerprint density at radius 2 is 2.28 bits per heavy atom. The molecule has 18 heavy (non-hydrogen) atoms. The summed E-state index contributed by atoms with van der Waals surface area (Å²) in [6, 6.07) is 4.03. The van der Waals surface area contributed by atoms with Crippen molar-refractivity contribution in [3.05, 3.63) is 27.7 Å². The average molecular weight is 313 g/mol. The first-order chi connectivity index (χ1) is 8.58. The highest BCUT2D eigenvalue weighted by molar-refractivity contribution is 9.10. The summed E-state index contributed by atoms with van der Waals surface area (Å²) in [6.07, 6.45) is -0.411. The lowest BCUT2D eigenvalue weighted by Gasteiger charge is -2.23. The van der Waals surface area contributed by atoms with Gasteiger partial charge in [-0.3, -0.25) is 4.79 Å². The van der Waals surface area contributed by atoms with Crippen molar-refractivity contribution in [2.24, 2.45) is 0 Å². The first kappa shape index (κ1) is 13.5. The van der Waals surface area contributed by atoms with Crippen LogP contribution in [0.4, 0.5) is 5.69 Å². The molecular formula is C13H17BrN2O2. The Bertz CT molecular complexity index is 433. The first-order valence-electron chi connectivity index (χ1n) is 5.98. The Hall–Kier alpha value is -0.910. The van der Waals surface area contributed by atoms with Crippen molar-refractivity contribution in [3.63, 3.8) is 0 Å². The summed E-state index contributed by atoms with van der Waals surface area (Å²) in [5.41, 5.74) is 3.02. The van der Waals surface area contributed by atoms with Crippen molar-refractivity contribution < 1.29 is 9.53 Å². The molecule has 0 spiro atoms.